The first-order valence-electron chi connectivity index (χ1n) is 5.93. The van der Waals surface area contributed by atoms with Crippen molar-refractivity contribution in [2.45, 2.75) is 6.54 Å². The van der Waals surface area contributed by atoms with Gasteiger partial charge >= 0.3 is 0 Å². The second kappa shape index (κ2) is 6.75. The molecule has 2 aromatic rings. The lowest BCUT2D eigenvalue weighted by Crippen LogP contribution is -2.00. The summed E-state index contributed by atoms with van der Waals surface area (Å²) >= 11 is 0. The molecule has 0 spiro atoms. The second-order valence-corrected chi connectivity index (χ2v) is 3.96. The fourth-order valence-corrected chi connectivity index (χ4v) is 1.69. The first-order chi connectivity index (χ1) is 9.31. The monoisotopic (exact) mass is 259 g/mol. The maximum atomic E-state index is 5.62. The molecule has 0 bridgehead atoms. The number of benzene rings is 2. The zero-order valence-electron chi connectivity index (χ0n) is 10.7. The Bertz CT molecular complexity index is 532. The molecule has 4 N–H and O–H groups in total. The third kappa shape index (κ3) is 3.96. The van der Waals surface area contributed by atoms with Gasteiger partial charge in [0.15, 0.2) is 0 Å². The molecular formula is C14H17N3O2. The van der Waals surface area contributed by atoms with Gasteiger partial charge in [0, 0.05) is 17.9 Å². The van der Waals surface area contributed by atoms with Crippen LogP contribution in [0.3, 0.4) is 0 Å². The number of rotatable bonds is 6. The van der Waals surface area contributed by atoms with E-state index in [9.17, 15) is 0 Å². The number of nitrogens with one attached hydrogen (secondary N) is 2. The van der Waals surface area contributed by atoms with Crippen molar-refractivity contribution in [3.63, 3.8) is 0 Å². The summed E-state index contributed by atoms with van der Waals surface area (Å²) < 4.78 is 0. The Labute approximate surface area is 112 Å². The Morgan fingerprint density at radius 2 is 1.68 bits per heavy atom. The number of nitrogens with two attached hydrogens (primary N) is 1. The summed E-state index contributed by atoms with van der Waals surface area (Å²) in [6.45, 7) is 0.527. The van der Waals surface area contributed by atoms with Crippen LogP contribution in [0.1, 0.15) is 5.56 Å². The molecule has 2 rings (SSSR count). The zero-order chi connectivity index (χ0) is 13.5. The molecule has 19 heavy (non-hydrogen) atoms. The molecule has 5 nitrogen and oxygen atoms in total. The van der Waals surface area contributed by atoms with Gasteiger partial charge in [0.1, 0.15) is 0 Å². The maximum Gasteiger partial charge on any atom is 0.0738 e. The van der Waals surface area contributed by atoms with Crippen molar-refractivity contribution in [2.75, 3.05) is 17.9 Å². The molecule has 0 aliphatic carbocycles. The molecule has 0 amide bonds. The molecule has 0 atom stereocenters. The van der Waals surface area contributed by atoms with E-state index < -0.39 is 0 Å². The van der Waals surface area contributed by atoms with Gasteiger partial charge in [-0.3, -0.25) is 0 Å². The molecular weight excluding hydrogens is 242 g/mol. The largest absolute Gasteiger partial charge is 0.355 e. The molecule has 2 aromatic carbocycles. The second-order valence-electron chi connectivity index (χ2n) is 3.96. The van der Waals surface area contributed by atoms with Gasteiger partial charge in [0.2, 0.25) is 0 Å². The third-order valence-electron chi connectivity index (χ3n) is 2.56. The normalized spacial score (nSPS) is 10.2. The Morgan fingerprint density at radius 3 is 2.42 bits per heavy atom. The topological polar surface area (TPSA) is 68.5 Å². The van der Waals surface area contributed by atoms with Crippen LogP contribution < -0.4 is 16.5 Å². The van der Waals surface area contributed by atoms with Gasteiger partial charge in [-0.05, 0) is 35.9 Å². The van der Waals surface area contributed by atoms with E-state index in [0.29, 0.717) is 6.54 Å². The molecule has 0 fully saturated rings. The van der Waals surface area contributed by atoms with Crippen molar-refractivity contribution < 1.29 is 9.88 Å². The summed E-state index contributed by atoms with van der Waals surface area (Å²) in [5, 5.41) is 3.30. The van der Waals surface area contributed by atoms with Crippen LogP contribution in [0.15, 0.2) is 48.5 Å². The van der Waals surface area contributed by atoms with Crippen molar-refractivity contribution in [2.24, 2.45) is 5.73 Å². The molecule has 0 unspecified atom stereocenters. The van der Waals surface area contributed by atoms with Crippen molar-refractivity contribution in [3.05, 3.63) is 54.1 Å². The third-order valence-corrected chi connectivity index (χ3v) is 2.56. The fourth-order valence-electron chi connectivity index (χ4n) is 1.69. The highest BCUT2D eigenvalue weighted by molar-refractivity contribution is 5.64. The summed E-state index contributed by atoms with van der Waals surface area (Å²) in [5.74, 6) is 0. The highest BCUT2D eigenvalue weighted by Gasteiger charge is 1.98. The number of hydrogen-bond acceptors (Lipinski definition) is 5. The van der Waals surface area contributed by atoms with Crippen molar-refractivity contribution >= 4 is 17.1 Å². The summed E-state index contributed by atoms with van der Waals surface area (Å²) in [7, 11) is 1.44. The lowest BCUT2D eigenvalue weighted by atomic mass is 10.2. The summed E-state index contributed by atoms with van der Waals surface area (Å²) in [6, 6.07) is 15.6. The molecule has 0 radical (unpaired) electrons. The Morgan fingerprint density at radius 1 is 1.00 bits per heavy atom. The van der Waals surface area contributed by atoms with E-state index in [1.54, 1.807) is 0 Å². The zero-order valence-corrected chi connectivity index (χ0v) is 10.7. The maximum absolute atomic E-state index is 5.62. The fraction of sp³-hybridized carbons (Fsp3) is 0.143. The first-order valence-corrected chi connectivity index (χ1v) is 5.93. The molecule has 5 heteroatoms. The van der Waals surface area contributed by atoms with Gasteiger partial charge in [-0.2, -0.15) is 0 Å². The van der Waals surface area contributed by atoms with Crippen LogP contribution in [-0.4, -0.2) is 7.11 Å². The summed E-state index contributed by atoms with van der Waals surface area (Å²) in [5.41, 5.74) is 12.1. The predicted octanol–water partition coefficient (Wildman–Crippen LogP) is 2.79. The van der Waals surface area contributed by atoms with E-state index in [4.69, 9.17) is 5.73 Å². The van der Waals surface area contributed by atoms with E-state index in [2.05, 4.69) is 20.7 Å². The van der Waals surface area contributed by atoms with Gasteiger partial charge < -0.3 is 11.1 Å². The van der Waals surface area contributed by atoms with Crippen LogP contribution in [0, 0.1) is 0 Å². The van der Waals surface area contributed by atoms with Crippen LogP contribution in [0.4, 0.5) is 17.1 Å². The van der Waals surface area contributed by atoms with E-state index in [1.165, 1.54) is 7.11 Å². The average molecular weight is 259 g/mol. The highest BCUT2D eigenvalue weighted by Crippen LogP contribution is 2.20. The van der Waals surface area contributed by atoms with Gasteiger partial charge in [0.05, 0.1) is 12.8 Å². The molecule has 100 valence electrons. The van der Waals surface area contributed by atoms with E-state index >= 15 is 0 Å². The minimum absolute atomic E-state index is 0.527. The standard InChI is InChI=1S/C14H17N3O2/c1-18-19-17-14-7-3-6-13(9-14)16-12-5-2-4-11(8-12)10-15/h2-9,16-17H,10,15H2,1H3. The van der Waals surface area contributed by atoms with Crippen molar-refractivity contribution in [1.29, 1.82) is 0 Å². The lowest BCUT2D eigenvalue weighted by molar-refractivity contribution is -0.248. The van der Waals surface area contributed by atoms with Gasteiger partial charge in [-0.25, -0.2) is 10.4 Å². The minimum Gasteiger partial charge on any atom is -0.355 e. The predicted molar refractivity (Wildman–Crippen MR) is 75.8 cm³/mol. The Balaban J connectivity index is 2.09. The molecule has 0 saturated carbocycles. The Kier molecular flexibility index (Phi) is 4.74. The van der Waals surface area contributed by atoms with E-state index in [0.717, 1.165) is 22.6 Å². The first kappa shape index (κ1) is 13.4. The Hall–Kier alpha value is -2.08. The van der Waals surface area contributed by atoms with Crippen LogP contribution in [0.25, 0.3) is 0 Å². The van der Waals surface area contributed by atoms with Crippen molar-refractivity contribution in [1.82, 2.24) is 0 Å². The SMILES string of the molecule is COONc1cccc(Nc2cccc(CN)c2)c1. The smallest absolute Gasteiger partial charge is 0.0738 e. The number of hydrogen-bond donors (Lipinski definition) is 3. The van der Waals surface area contributed by atoms with Gasteiger partial charge in [-0.15, -0.1) is 4.99 Å². The lowest BCUT2D eigenvalue weighted by Gasteiger charge is -2.10. The molecule has 0 aliphatic rings. The van der Waals surface area contributed by atoms with Crippen LogP contribution in [-0.2, 0) is 16.4 Å². The quantitative estimate of drug-likeness (QED) is 0.550. The molecule has 0 aromatic heterocycles. The minimum atomic E-state index is 0.527. The van der Waals surface area contributed by atoms with Crippen LogP contribution in [0.5, 0.6) is 0 Å². The number of anilines is 3. The average Bonchev–Trinajstić information content (AvgIpc) is 2.46. The van der Waals surface area contributed by atoms with Gasteiger partial charge in [-0.1, -0.05) is 18.2 Å². The molecule has 0 heterocycles. The molecule has 0 saturated heterocycles. The van der Waals surface area contributed by atoms with Crippen LogP contribution >= 0.6 is 0 Å². The van der Waals surface area contributed by atoms with E-state index in [1.807, 2.05) is 48.5 Å². The summed E-state index contributed by atoms with van der Waals surface area (Å²) in [4.78, 5) is 9.16. The highest BCUT2D eigenvalue weighted by atomic mass is 17.3. The van der Waals surface area contributed by atoms with Crippen molar-refractivity contribution in [3.8, 4) is 0 Å². The molecule has 0 aliphatic heterocycles. The van der Waals surface area contributed by atoms with Gasteiger partial charge in [0.25, 0.3) is 0 Å². The summed E-state index contributed by atoms with van der Waals surface area (Å²) in [6.07, 6.45) is 0. The van der Waals surface area contributed by atoms with Crippen LogP contribution in [0.2, 0.25) is 0 Å². The van der Waals surface area contributed by atoms with E-state index in [-0.39, 0.29) is 0 Å².